The molecule has 0 aliphatic heterocycles. The van der Waals surface area contributed by atoms with Crippen molar-refractivity contribution in [3.8, 4) is 0 Å². The Bertz CT molecular complexity index is 442. The van der Waals surface area contributed by atoms with Gasteiger partial charge in [-0.2, -0.15) is 0 Å². The summed E-state index contributed by atoms with van der Waals surface area (Å²) in [5.41, 5.74) is 1.45. The van der Waals surface area contributed by atoms with Gasteiger partial charge in [-0.1, -0.05) is 18.2 Å². The number of rotatable bonds is 5. The van der Waals surface area contributed by atoms with Gasteiger partial charge in [-0.15, -0.1) is 11.6 Å². The van der Waals surface area contributed by atoms with E-state index in [2.05, 4.69) is 0 Å². The zero-order valence-corrected chi connectivity index (χ0v) is 10.1. The Labute approximate surface area is 104 Å². The van der Waals surface area contributed by atoms with E-state index in [0.29, 0.717) is 11.1 Å². The standard InChI is InChI=1S/C12H13ClO4/c1-7(14)4-9-3-2-8(6-13)5-10(9)11(15)12(16)17/h2-3,5,11,15H,4,6H2,1H3,(H,16,17). The summed E-state index contributed by atoms with van der Waals surface area (Å²) in [4.78, 5) is 21.8. The van der Waals surface area contributed by atoms with Crippen LogP contribution in [0.2, 0.25) is 0 Å². The van der Waals surface area contributed by atoms with Gasteiger partial charge < -0.3 is 10.2 Å². The number of carboxylic acid groups (broad SMARTS) is 1. The van der Waals surface area contributed by atoms with Crippen LogP contribution < -0.4 is 0 Å². The van der Waals surface area contributed by atoms with Gasteiger partial charge >= 0.3 is 5.97 Å². The van der Waals surface area contributed by atoms with Gasteiger partial charge in [0.15, 0.2) is 6.10 Å². The van der Waals surface area contributed by atoms with E-state index in [-0.39, 0.29) is 23.6 Å². The van der Waals surface area contributed by atoms with Gasteiger partial charge in [-0.05, 0) is 23.6 Å². The largest absolute Gasteiger partial charge is 0.479 e. The van der Waals surface area contributed by atoms with Gasteiger partial charge in [0.05, 0.1) is 0 Å². The van der Waals surface area contributed by atoms with Gasteiger partial charge in [0.2, 0.25) is 0 Å². The molecule has 1 unspecified atom stereocenters. The molecule has 1 rings (SSSR count). The number of halogens is 1. The smallest absolute Gasteiger partial charge is 0.337 e. The maximum Gasteiger partial charge on any atom is 0.337 e. The van der Waals surface area contributed by atoms with Gasteiger partial charge in [0.25, 0.3) is 0 Å². The van der Waals surface area contributed by atoms with Gasteiger partial charge in [-0.25, -0.2) is 4.79 Å². The molecule has 0 aliphatic rings. The van der Waals surface area contributed by atoms with Crippen LogP contribution in [-0.4, -0.2) is 22.0 Å². The third-order valence-corrected chi connectivity index (χ3v) is 2.64. The molecule has 0 saturated carbocycles. The van der Waals surface area contributed by atoms with Crippen molar-refractivity contribution >= 4 is 23.4 Å². The topological polar surface area (TPSA) is 74.6 Å². The number of carboxylic acids is 1. The van der Waals surface area contributed by atoms with Crippen molar-refractivity contribution in [3.63, 3.8) is 0 Å². The Balaban J connectivity index is 3.20. The predicted octanol–water partition coefficient (Wildman–Crippen LogP) is 1.67. The number of carbonyl (C=O) groups excluding carboxylic acids is 1. The monoisotopic (exact) mass is 256 g/mol. The first-order valence-corrected chi connectivity index (χ1v) is 5.57. The number of ketones is 1. The van der Waals surface area contributed by atoms with Crippen LogP contribution in [0.5, 0.6) is 0 Å². The molecule has 0 saturated heterocycles. The molecule has 0 bridgehead atoms. The van der Waals surface area contributed by atoms with E-state index in [9.17, 15) is 14.7 Å². The Kier molecular flexibility index (Phi) is 4.66. The summed E-state index contributed by atoms with van der Waals surface area (Å²) in [7, 11) is 0. The molecule has 1 aromatic rings. The molecule has 0 spiro atoms. The molecule has 1 atom stereocenters. The first-order valence-electron chi connectivity index (χ1n) is 5.03. The van der Waals surface area contributed by atoms with E-state index in [1.165, 1.54) is 13.0 Å². The normalized spacial score (nSPS) is 12.2. The molecular formula is C12H13ClO4. The van der Waals surface area contributed by atoms with Crippen molar-refractivity contribution in [2.24, 2.45) is 0 Å². The molecular weight excluding hydrogens is 244 g/mol. The minimum absolute atomic E-state index is 0.0949. The Hall–Kier alpha value is -1.39. The number of aliphatic hydroxyl groups is 1. The number of hydrogen-bond acceptors (Lipinski definition) is 3. The van der Waals surface area contributed by atoms with E-state index in [1.807, 2.05) is 0 Å². The van der Waals surface area contributed by atoms with Crippen molar-refractivity contribution in [1.29, 1.82) is 0 Å². The summed E-state index contributed by atoms with van der Waals surface area (Å²) in [6.07, 6.45) is -1.53. The van der Waals surface area contributed by atoms with Crippen molar-refractivity contribution < 1.29 is 19.8 Å². The summed E-state index contributed by atoms with van der Waals surface area (Å²) in [5, 5.41) is 18.3. The lowest BCUT2D eigenvalue weighted by Gasteiger charge is -2.12. The highest BCUT2D eigenvalue weighted by Gasteiger charge is 2.20. The third kappa shape index (κ3) is 3.54. The van der Waals surface area contributed by atoms with Crippen molar-refractivity contribution in [1.82, 2.24) is 0 Å². The van der Waals surface area contributed by atoms with Gasteiger partial charge in [0, 0.05) is 12.3 Å². The van der Waals surface area contributed by atoms with Crippen LogP contribution in [0, 0.1) is 0 Å². The lowest BCUT2D eigenvalue weighted by molar-refractivity contribution is -0.147. The lowest BCUT2D eigenvalue weighted by atomic mass is 9.96. The van der Waals surface area contributed by atoms with Crippen LogP contribution in [0.15, 0.2) is 18.2 Å². The molecule has 17 heavy (non-hydrogen) atoms. The molecule has 1 aromatic carbocycles. The molecule has 4 nitrogen and oxygen atoms in total. The summed E-state index contributed by atoms with van der Waals surface area (Å²) >= 11 is 5.65. The fourth-order valence-corrected chi connectivity index (χ4v) is 1.71. The van der Waals surface area contributed by atoms with Crippen LogP contribution >= 0.6 is 11.6 Å². The third-order valence-electron chi connectivity index (χ3n) is 2.33. The van der Waals surface area contributed by atoms with Crippen LogP contribution in [0.1, 0.15) is 29.7 Å². The van der Waals surface area contributed by atoms with Crippen molar-refractivity contribution in [2.45, 2.75) is 25.3 Å². The van der Waals surface area contributed by atoms with E-state index in [4.69, 9.17) is 16.7 Å². The quantitative estimate of drug-likeness (QED) is 0.786. The van der Waals surface area contributed by atoms with Crippen LogP contribution in [0.3, 0.4) is 0 Å². The summed E-state index contributed by atoms with van der Waals surface area (Å²) < 4.78 is 0. The number of hydrogen-bond donors (Lipinski definition) is 2. The average molecular weight is 257 g/mol. The maximum atomic E-state index is 11.1. The van der Waals surface area contributed by atoms with E-state index >= 15 is 0 Å². The van der Waals surface area contributed by atoms with E-state index in [1.54, 1.807) is 12.1 Å². The molecule has 0 aliphatic carbocycles. The SMILES string of the molecule is CC(=O)Cc1ccc(CCl)cc1C(O)C(=O)O. The summed E-state index contributed by atoms with van der Waals surface area (Å²) in [6, 6.07) is 4.86. The number of Topliss-reactive ketones (excluding diaryl/α,β-unsaturated/α-hetero) is 1. The fraction of sp³-hybridized carbons (Fsp3) is 0.333. The molecule has 0 aromatic heterocycles. The van der Waals surface area contributed by atoms with Gasteiger partial charge in [0.1, 0.15) is 5.78 Å². The van der Waals surface area contributed by atoms with Crippen molar-refractivity contribution in [2.75, 3.05) is 0 Å². The van der Waals surface area contributed by atoms with Crippen LogP contribution in [0.25, 0.3) is 0 Å². The minimum Gasteiger partial charge on any atom is -0.479 e. The first kappa shape index (κ1) is 13.7. The number of aliphatic carboxylic acids is 1. The second-order valence-corrected chi connectivity index (χ2v) is 4.05. The molecule has 0 fully saturated rings. The molecule has 92 valence electrons. The lowest BCUT2D eigenvalue weighted by Crippen LogP contribution is -2.14. The molecule has 2 N–H and O–H groups in total. The highest BCUT2D eigenvalue weighted by Crippen LogP contribution is 2.22. The van der Waals surface area contributed by atoms with Crippen LogP contribution in [0.4, 0.5) is 0 Å². The zero-order chi connectivity index (χ0) is 13.0. The second kappa shape index (κ2) is 5.80. The molecule has 5 heteroatoms. The summed E-state index contributed by atoms with van der Waals surface area (Å²) in [5.74, 6) is -1.22. The highest BCUT2D eigenvalue weighted by molar-refractivity contribution is 6.17. The highest BCUT2D eigenvalue weighted by atomic mass is 35.5. The number of aliphatic hydroxyl groups excluding tert-OH is 1. The van der Waals surface area contributed by atoms with Crippen molar-refractivity contribution in [3.05, 3.63) is 34.9 Å². The molecule has 0 amide bonds. The number of alkyl halides is 1. The summed E-state index contributed by atoms with van der Waals surface area (Å²) in [6.45, 7) is 1.41. The Morgan fingerprint density at radius 1 is 1.41 bits per heavy atom. The maximum absolute atomic E-state index is 11.1. The zero-order valence-electron chi connectivity index (χ0n) is 9.31. The van der Waals surface area contributed by atoms with Crippen LogP contribution in [-0.2, 0) is 21.9 Å². The Morgan fingerprint density at radius 3 is 2.53 bits per heavy atom. The average Bonchev–Trinajstić information content (AvgIpc) is 2.27. The number of carbonyl (C=O) groups is 2. The second-order valence-electron chi connectivity index (χ2n) is 3.79. The van der Waals surface area contributed by atoms with E-state index < -0.39 is 12.1 Å². The Morgan fingerprint density at radius 2 is 2.06 bits per heavy atom. The first-order chi connectivity index (χ1) is 7.95. The van der Waals surface area contributed by atoms with Gasteiger partial charge in [-0.3, -0.25) is 4.79 Å². The fourth-order valence-electron chi connectivity index (χ4n) is 1.54. The molecule has 0 heterocycles. The van der Waals surface area contributed by atoms with E-state index in [0.717, 1.165) is 0 Å². The predicted molar refractivity (Wildman–Crippen MR) is 63.0 cm³/mol. The minimum atomic E-state index is -1.63. The molecule has 0 radical (unpaired) electrons. The number of benzene rings is 1.